The second-order valence-electron chi connectivity index (χ2n) is 3.38. The van der Waals surface area contributed by atoms with Crippen LogP contribution < -0.4 is 4.74 Å². The predicted molar refractivity (Wildman–Crippen MR) is 67.8 cm³/mol. The number of aromatic carboxylic acids is 1. The van der Waals surface area contributed by atoms with Crippen LogP contribution in [-0.4, -0.2) is 20.4 Å². The number of benzene rings is 1. The number of halogens is 1. The largest absolute Gasteiger partial charge is 0.478 e. The molecule has 1 aromatic carbocycles. The van der Waals surface area contributed by atoms with E-state index in [0.29, 0.717) is 22.5 Å². The Morgan fingerprint density at radius 1 is 1.56 bits per heavy atom. The van der Waals surface area contributed by atoms with E-state index in [0.717, 1.165) is 11.5 Å². The van der Waals surface area contributed by atoms with Crippen molar-refractivity contribution in [2.45, 2.75) is 13.3 Å². The molecule has 0 atom stereocenters. The summed E-state index contributed by atoms with van der Waals surface area (Å²) in [5, 5.41) is 9.70. The maximum atomic E-state index is 11.1. The number of carboxylic acid groups (broad SMARTS) is 1. The molecule has 2 aromatic rings. The topological polar surface area (TPSA) is 72.3 Å². The van der Waals surface area contributed by atoms with Crippen LogP contribution in [0, 0.1) is 0 Å². The van der Waals surface area contributed by atoms with E-state index >= 15 is 0 Å². The molecule has 0 unspecified atom stereocenters. The van der Waals surface area contributed by atoms with Gasteiger partial charge in [-0.2, -0.15) is 9.36 Å². The molecule has 1 N–H and O–H groups in total. The number of hydrogen-bond acceptors (Lipinski definition) is 5. The molecule has 94 valence electrons. The van der Waals surface area contributed by atoms with Gasteiger partial charge in [0.25, 0.3) is 5.19 Å². The first kappa shape index (κ1) is 12.8. The Labute approximate surface area is 112 Å². The Bertz CT molecular complexity index is 585. The minimum atomic E-state index is -1.10. The quantitative estimate of drug-likeness (QED) is 0.933. The van der Waals surface area contributed by atoms with Crippen molar-refractivity contribution in [1.29, 1.82) is 0 Å². The standard InChI is InChI=1S/C11H9ClN2O3S/c1-2-9-13-11(18-14-9)17-8-4-3-6(12)5-7(8)10(15)16/h3-5H,2H2,1H3,(H,15,16). The number of hydrogen-bond donors (Lipinski definition) is 1. The lowest BCUT2D eigenvalue weighted by Gasteiger charge is -2.05. The lowest BCUT2D eigenvalue weighted by molar-refractivity contribution is 0.0694. The van der Waals surface area contributed by atoms with E-state index in [1.165, 1.54) is 12.1 Å². The summed E-state index contributed by atoms with van der Waals surface area (Å²) in [6, 6.07) is 4.39. The first-order chi connectivity index (χ1) is 8.60. The number of rotatable bonds is 4. The van der Waals surface area contributed by atoms with E-state index in [9.17, 15) is 4.79 Å². The summed E-state index contributed by atoms with van der Waals surface area (Å²) >= 11 is 6.83. The van der Waals surface area contributed by atoms with Crippen LogP contribution >= 0.6 is 23.1 Å². The molecule has 1 heterocycles. The van der Waals surface area contributed by atoms with Gasteiger partial charge in [-0.15, -0.1) is 0 Å². The lowest BCUT2D eigenvalue weighted by atomic mass is 10.2. The summed E-state index contributed by atoms with van der Waals surface area (Å²) < 4.78 is 9.47. The highest BCUT2D eigenvalue weighted by atomic mass is 35.5. The fourth-order valence-electron chi connectivity index (χ4n) is 1.28. The van der Waals surface area contributed by atoms with Crippen LogP contribution in [0.2, 0.25) is 5.02 Å². The number of nitrogens with zero attached hydrogens (tertiary/aromatic N) is 2. The molecular weight excluding hydrogens is 276 g/mol. The molecule has 0 fully saturated rings. The Kier molecular flexibility index (Phi) is 3.78. The SMILES string of the molecule is CCc1nsc(Oc2ccc(Cl)cc2C(=O)O)n1. The number of carboxylic acids is 1. The third kappa shape index (κ3) is 2.77. The van der Waals surface area contributed by atoms with Crippen LogP contribution in [0.3, 0.4) is 0 Å². The highest BCUT2D eigenvalue weighted by Crippen LogP contribution is 2.28. The average Bonchev–Trinajstić information content (AvgIpc) is 2.79. The van der Waals surface area contributed by atoms with Crippen molar-refractivity contribution < 1.29 is 14.6 Å². The van der Waals surface area contributed by atoms with Crippen molar-refractivity contribution in [3.05, 3.63) is 34.6 Å². The van der Waals surface area contributed by atoms with Crippen molar-refractivity contribution in [2.24, 2.45) is 0 Å². The van der Waals surface area contributed by atoms with Crippen LogP contribution in [0.1, 0.15) is 23.1 Å². The van der Waals surface area contributed by atoms with E-state index in [2.05, 4.69) is 9.36 Å². The van der Waals surface area contributed by atoms with Gasteiger partial charge < -0.3 is 9.84 Å². The Morgan fingerprint density at radius 3 is 2.94 bits per heavy atom. The van der Waals surface area contributed by atoms with Crippen LogP contribution in [-0.2, 0) is 6.42 Å². The van der Waals surface area contributed by atoms with Crippen LogP contribution in [0.15, 0.2) is 18.2 Å². The van der Waals surface area contributed by atoms with Gasteiger partial charge in [0.1, 0.15) is 17.1 Å². The number of ether oxygens (including phenoxy) is 1. The molecule has 0 spiro atoms. The second-order valence-corrected chi connectivity index (χ2v) is 4.53. The van der Waals surface area contributed by atoms with Crippen molar-refractivity contribution in [2.75, 3.05) is 0 Å². The van der Waals surface area contributed by atoms with Gasteiger partial charge in [-0.05, 0) is 18.2 Å². The third-order valence-electron chi connectivity index (χ3n) is 2.13. The van der Waals surface area contributed by atoms with Gasteiger partial charge in [-0.25, -0.2) is 4.79 Å². The van der Waals surface area contributed by atoms with Gasteiger partial charge in [-0.1, -0.05) is 18.5 Å². The summed E-state index contributed by atoms with van der Waals surface area (Å²) in [5.74, 6) is -0.237. The van der Waals surface area contributed by atoms with Crippen LogP contribution in [0.25, 0.3) is 0 Å². The van der Waals surface area contributed by atoms with Crippen molar-refractivity contribution in [3.63, 3.8) is 0 Å². The molecule has 0 aliphatic heterocycles. The van der Waals surface area contributed by atoms with Crippen LogP contribution in [0.5, 0.6) is 10.9 Å². The monoisotopic (exact) mass is 284 g/mol. The maximum absolute atomic E-state index is 11.1. The summed E-state index contributed by atoms with van der Waals surface area (Å²) in [5.41, 5.74) is -0.00394. The fourth-order valence-corrected chi connectivity index (χ4v) is 2.07. The summed E-state index contributed by atoms with van der Waals surface area (Å²) in [7, 11) is 0. The van der Waals surface area contributed by atoms with Gasteiger partial charge >= 0.3 is 5.97 Å². The highest BCUT2D eigenvalue weighted by molar-refractivity contribution is 7.07. The molecule has 7 heteroatoms. The minimum Gasteiger partial charge on any atom is -0.478 e. The summed E-state index contributed by atoms with van der Waals surface area (Å²) in [6.07, 6.45) is 0.701. The molecule has 0 bridgehead atoms. The van der Waals surface area contributed by atoms with Crippen molar-refractivity contribution >= 4 is 29.1 Å². The Morgan fingerprint density at radius 2 is 2.33 bits per heavy atom. The van der Waals surface area contributed by atoms with E-state index in [1.807, 2.05) is 6.92 Å². The minimum absolute atomic E-state index is 0.00394. The van der Waals surface area contributed by atoms with Gasteiger partial charge in [0.15, 0.2) is 0 Å². The molecule has 18 heavy (non-hydrogen) atoms. The Balaban J connectivity index is 2.30. The number of aromatic nitrogens is 2. The van der Waals surface area contributed by atoms with Gasteiger partial charge in [0.2, 0.25) is 0 Å². The van der Waals surface area contributed by atoms with Gasteiger partial charge in [-0.3, -0.25) is 0 Å². The molecule has 0 amide bonds. The third-order valence-corrected chi connectivity index (χ3v) is 3.00. The first-order valence-electron chi connectivity index (χ1n) is 5.13. The molecule has 1 aromatic heterocycles. The Hall–Kier alpha value is -1.66. The first-order valence-corrected chi connectivity index (χ1v) is 6.28. The van der Waals surface area contributed by atoms with E-state index in [1.54, 1.807) is 6.07 Å². The van der Waals surface area contributed by atoms with E-state index in [4.69, 9.17) is 21.4 Å². The fraction of sp³-hybridized carbons (Fsp3) is 0.182. The van der Waals surface area contributed by atoms with Gasteiger partial charge in [0.05, 0.1) is 0 Å². The van der Waals surface area contributed by atoms with Crippen molar-refractivity contribution in [3.8, 4) is 10.9 Å². The molecule has 5 nitrogen and oxygen atoms in total. The molecule has 0 radical (unpaired) electrons. The normalized spacial score (nSPS) is 10.3. The maximum Gasteiger partial charge on any atom is 0.339 e. The van der Waals surface area contributed by atoms with Crippen molar-refractivity contribution in [1.82, 2.24) is 9.36 Å². The highest BCUT2D eigenvalue weighted by Gasteiger charge is 2.14. The summed E-state index contributed by atoms with van der Waals surface area (Å²) in [6.45, 7) is 1.93. The number of aryl methyl sites for hydroxylation is 1. The average molecular weight is 285 g/mol. The van der Waals surface area contributed by atoms with Gasteiger partial charge in [0, 0.05) is 23.0 Å². The zero-order chi connectivity index (χ0) is 13.1. The predicted octanol–water partition coefficient (Wildman–Crippen LogP) is 3.24. The molecular formula is C11H9ClN2O3S. The zero-order valence-corrected chi connectivity index (χ0v) is 11.0. The molecule has 0 aliphatic rings. The molecule has 0 saturated heterocycles. The molecule has 2 rings (SSSR count). The smallest absolute Gasteiger partial charge is 0.339 e. The molecule has 0 saturated carbocycles. The van der Waals surface area contributed by atoms with E-state index < -0.39 is 5.97 Å². The summed E-state index contributed by atoms with van der Waals surface area (Å²) in [4.78, 5) is 15.2. The lowest BCUT2D eigenvalue weighted by Crippen LogP contribution is -1.99. The molecule has 0 aliphatic carbocycles. The second kappa shape index (κ2) is 5.32. The van der Waals surface area contributed by atoms with Crippen LogP contribution in [0.4, 0.5) is 0 Å². The van der Waals surface area contributed by atoms with E-state index in [-0.39, 0.29) is 11.3 Å². The zero-order valence-electron chi connectivity index (χ0n) is 9.38. The number of carbonyl (C=O) groups is 1.